The Morgan fingerprint density at radius 1 is 1.00 bits per heavy atom. The summed E-state index contributed by atoms with van der Waals surface area (Å²) >= 11 is 0. The second-order valence-corrected chi connectivity index (χ2v) is 5.70. The van der Waals surface area contributed by atoms with Gasteiger partial charge in [-0.3, -0.25) is 9.59 Å². The Labute approximate surface area is 130 Å². The van der Waals surface area contributed by atoms with Gasteiger partial charge in [-0.2, -0.15) is 0 Å². The fourth-order valence-corrected chi connectivity index (χ4v) is 2.98. The smallest absolute Gasteiger partial charge is 0.224 e. The van der Waals surface area contributed by atoms with E-state index in [0.29, 0.717) is 39.1 Å². The molecule has 0 atom stereocenters. The van der Waals surface area contributed by atoms with E-state index in [1.54, 1.807) is 11.8 Å². The molecular formula is C17H21N3O2. The Bertz CT molecular complexity index is 684. The third-order valence-electron chi connectivity index (χ3n) is 4.32. The molecule has 1 aromatic heterocycles. The van der Waals surface area contributed by atoms with E-state index < -0.39 is 0 Å². The monoisotopic (exact) mass is 299 g/mol. The highest BCUT2D eigenvalue weighted by Crippen LogP contribution is 2.15. The van der Waals surface area contributed by atoms with E-state index in [-0.39, 0.29) is 11.8 Å². The van der Waals surface area contributed by atoms with Crippen molar-refractivity contribution in [2.75, 3.05) is 26.2 Å². The van der Waals surface area contributed by atoms with Gasteiger partial charge in [0.15, 0.2) is 0 Å². The number of hydrogen-bond donors (Lipinski definition) is 0. The van der Waals surface area contributed by atoms with Gasteiger partial charge in [0, 0.05) is 57.8 Å². The average molecular weight is 299 g/mol. The average Bonchev–Trinajstić information content (AvgIpc) is 2.96. The molecule has 116 valence electrons. The van der Waals surface area contributed by atoms with Crippen molar-refractivity contribution in [1.82, 2.24) is 14.4 Å². The zero-order valence-corrected chi connectivity index (χ0v) is 12.9. The number of fused-ring (bicyclic) bond motifs is 1. The van der Waals surface area contributed by atoms with E-state index >= 15 is 0 Å². The number of aryl methyl sites for hydroxylation is 1. The van der Waals surface area contributed by atoms with E-state index in [0.717, 1.165) is 5.52 Å². The standard InChI is InChI=1S/C17H21N3O2/c1-14(21)18-10-12-20(13-11-18)17(22)7-9-19-8-6-15-4-2-3-5-16(15)19/h2-6,8H,7,9-13H2,1H3. The lowest BCUT2D eigenvalue weighted by Gasteiger charge is -2.34. The summed E-state index contributed by atoms with van der Waals surface area (Å²) in [6, 6.07) is 10.3. The number of amides is 2. The minimum absolute atomic E-state index is 0.0888. The molecule has 1 saturated heterocycles. The third-order valence-corrected chi connectivity index (χ3v) is 4.32. The molecule has 2 amide bonds. The van der Waals surface area contributed by atoms with Gasteiger partial charge in [-0.15, -0.1) is 0 Å². The number of hydrogen-bond acceptors (Lipinski definition) is 2. The van der Waals surface area contributed by atoms with Crippen LogP contribution in [0.5, 0.6) is 0 Å². The first kappa shape index (κ1) is 14.6. The zero-order chi connectivity index (χ0) is 15.5. The van der Waals surface area contributed by atoms with Crippen molar-refractivity contribution < 1.29 is 9.59 Å². The zero-order valence-electron chi connectivity index (χ0n) is 12.9. The Balaban J connectivity index is 1.56. The summed E-state index contributed by atoms with van der Waals surface area (Å²) in [4.78, 5) is 27.3. The predicted molar refractivity (Wildman–Crippen MR) is 85.4 cm³/mol. The number of rotatable bonds is 3. The number of benzene rings is 1. The molecule has 0 spiro atoms. The lowest BCUT2D eigenvalue weighted by atomic mass is 10.2. The van der Waals surface area contributed by atoms with E-state index in [2.05, 4.69) is 22.8 Å². The van der Waals surface area contributed by atoms with Crippen LogP contribution in [0, 0.1) is 0 Å². The summed E-state index contributed by atoms with van der Waals surface area (Å²) in [6.07, 6.45) is 2.53. The molecule has 0 saturated carbocycles. The van der Waals surface area contributed by atoms with Gasteiger partial charge in [-0.1, -0.05) is 18.2 Å². The number of para-hydroxylation sites is 1. The lowest BCUT2D eigenvalue weighted by Crippen LogP contribution is -2.50. The summed E-state index contributed by atoms with van der Waals surface area (Å²) in [5.41, 5.74) is 1.16. The van der Waals surface area contributed by atoms with Crippen LogP contribution in [0.15, 0.2) is 36.5 Å². The van der Waals surface area contributed by atoms with Gasteiger partial charge in [0.1, 0.15) is 0 Å². The van der Waals surface area contributed by atoms with Gasteiger partial charge >= 0.3 is 0 Å². The number of carbonyl (C=O) groups excluding carboxylic acids is 2. The highest BCUT2D eigenvalue weighted by Gasteiger charge is 2.21. The first-order valence-corrected chi connectivity index (χ1v) is 7.72. The van der Waals surface area contributed by atoms with Gasteiger partial charge in [0.05, 0.1) is 0 Å². The topological polar surface area (TPSA) is 45.6 Å². The normalized spacial score (nSPS) is 15.3. The van der Waals surface area contributed by atoms with Crippen LogP contribution in [-0.2, 0) is 16.1 Å². The largest absolute Gasteiger partial charge is 0.347 e. The number of nitrogens with zero attached hydrogens (tertiary/aromatic N) is 3. The fraction of sp³-hybridized carbons (Fsp3) is 0.412. The van der Waals surface area contributed by atoms with E-state index in [4.69, 9.17) is 0 Å². The minimum Gasteiger partial charge on any atom is -0.347 e. The van der Waals surface area contributed by atoms with Crippen molar-refractivity contribution in [3.8, 4) is 0 Å². The van der Waals surface area contributed by atoms with Crippen LogP contribution in [0.25, 0.3) is 10.9 Å². The number of carbonyl (C=O) groups is 2. The molecule has 1 fully saturated rings. The first-order chi connectivity index (χ1) is 10.6. The molecule has 5 heteroatoms. The Hall–Kier alpha value is -2.30. The maximum atomic E-state index is 12.3. The van der Waals surface area contributed by atoms with Gasteiger partial charge in [-0.05, 0) is 17.5 Å². The molecule has 0 aliphatic carbocycles. The van der Waals surface area contributed by atoms with Crippen LogP contribution in [0.3, 0.4) is 0 Å². The molecule has 0 unspecified atom stereocenters. The second-order valence-electron chi connectivity index (χ2n) is 5.70. The SMILES string of the molecule is CC(=O)N1CCN(C(=O)CCn2ccc3ccccc32)CC1. The van der Waals surface area contributed by atoms with Crippen molar-refractivity contribution in [3.05, 3.63) is 36.5 Å². The van der Waals surface area contributed by atoms with Crippen LogP contribution >= 0.6 is 0 Å². The Morgan fingerprint density at radius 3 is 2.41 bits per heavy atom. The van der Waals surface area contributed by atoms with Crippen LogP contribution < -0.4 is 0 Å². The molecule has 0 radical (unpaired) electrons. The van der Waals surface area contributed by atoms with E-state index in [1.807, 2.05) is 23.2 Å². The maximum absolute atomic E-state index is 12.3. The molecule has 2 heterocycles. The van der Waals surface area contributed by atoms with Gasteiger partial charge in [-0.25, -0.2) is 0 Å². The molecule has 22 heavy (non-hydrogen) atoms. The molecule has 2 aromatic rings. The van der Waals surface area contributed by atoms with Crippen molar-refractivity contribution in [2.24, 2.45) is 0 Å². The minimum atomic E-state index is 0.0888. The fourth-order valence-electron chi connectivity index (χ4n) is 2.98. The van der Waals surface area contributed by atoms with Gasteiger partial charge < -0.3 is 14.4 Å². The van der Waals surface area contributed by atoms with Crippen molar-refractivity contribution in [2.45, 2.75) is 19.9 Å². The van der Waals surface area contributed by atoms with Crippen LogP contribution in [0.4, 0.5) is 0 Å². The molecular weight excluding hydrogens is 278 g/mol. The highest BCUT2D eigenvalue weighted by atomic mass is 16.2. The molecule has 1 aliphatic rings. The van der Waals surface area contributed by atoms with Gasteiger partial charge in [0.25, 0.3) is 0 Å². The van der Waals surface area contributed by atoms with Gasteiger partial charge in [0.2, 0.25) is 11.8 Å². The molecule has 0 N–H and O–H groups in total. The Morgan fingerprint density at radius 2 is 1.68 bits per heavy atom. The van der Waals surface area contributed by atoms with Crippen molar-refractivity contribution in [3.63, 3.8) is 0 Å². The molecule has 1 aliphatic heterocycles. The number of piperazine rings is 1. The van der Waals surface area contributed by atoms with Crippen LogP contribution in [-0.4, -0.2) is 52.4 Å². The van der Waals surface area contributed by atoms with E-state index in [9.17, 15) is 9.59 Å². The molecule has 3 rings (SSSR count). The lowest BCUT2D eigenvalue weighted by molar-refractivity contribution is -0.138. The quantitative estimate of drug-likeness (QED) is 0.866. The summed E-state index contributed by atoms with van der Waals surface area (Å²) < 4.78 is 2.12. The maximum Gasteiger partial charge on any atom is 0.224 e. The third kappa shape index (κ3) is 2.98. The summed E-state index contributed by atoms with van der Waals surface area (Å²) in [6.45, 7) is 4.85. The summed E-state index contributed by atoms with van der Waals surface area (Å²) in [5, 5.41) is 1.20. The Kier molecular flexibility index (Phi) is 4.13. The van der Waals surface area contributed by atoms with Crippen LogP contribution in [0.2, 0.25) is 0 Å². The first-order valence-electron chi connectivity index (χ1n) is 7.72. The van der Waals surface area contributed by atoms with E-state index in [1.165, 1.54) is 5.39 Å². The molecule has 5 nitrogen and oxygen atoms in total. The van der Waals surface area contributed by atoms with Crippen molar-refractivity contribution in [1.29, 1.82) is 0 Å². The molecule has 1 aromatic carbocycles. The highest BCUT2D eigenvalue weighted by molar-refractivity contribution is 5.81. The predicted octanol–water partition coefficient (Wildman–Crippen LogP) is 1.72. The number of aromatic nitrogens is 1. The second kappa shape index (κ2) is 6.22. The van der Waals surface area contributed by atoms with Crippen molar-refractivity contribution >= 4 is 22.7 Å². The summed E-state index contributed by atoms with van der Waals surface area (Å²) in [5.74, 6) is 0.256. The molecule has 0 bridgehead atoms. The summed E-state index contributed by atoms with van der Waals surface area (Å²) in [7, 11) is 0. The van der Waals surface area contributed by atoms with Crippen LogP contribution in [0.1, 0.15) is 13.3 Å².